The van der Waals surface area contributed by atoms with E-state index in [9.17, 15) is 18.0 Å². The Morgan fingerprint density at radius 1 is 1.03 bits per heavy atom. The summed E-state index contributed by atoms with van der Waals surface area (Å²) in [6.07, 6.45) is -4.65. The predicted molar refractivity (Wildman–Crippen MR) is 113 cm³/mol. The molecular weight excluding hydrogens is 407 g/mol. The van der Waals surface area contributed by atoms with Gasteiger partial charge in [0.25, 0.3) is 0 Å². The summed E-state index contributed by atoms with van der Waals surface area (Å²) in [7, 11) is 2.08. The third-order valence-corrected chi connectivity index (χ3v) is 5.52. The van der Waals surface area contributed by atoms with Gasteiger partial charge >= 0.3 is 6.18 Å². The standard InChI is InChI=1S/C22H24F3N5O/c1-28-10-12-29(13-11-28)18-8-4-2-6-16(18)14-26-20(31)15-30-19-9-5-3-7-17(19)27-21(30)22(23,24)25/h2-9H,10-15H2,1H3,(H,26,31). The Morgan fingerprint density at radius 3 is 2.45 bits per heavy atom. The van der Waals surface area contributed by atoms with Gasteiger partial charge < -0.3 is 19.7 Å². The van der Waals surface area contributed by atoms with Gasteiger partial charge in [0.2, 0.25) is 11.7 Å². The van der Waals surface area contributed by atoms with Crippen LogP contribution in [0.2, 0.25) is 0 Å². The number of likely N-dealkylation sites (N-methyl/N-ethyl adjacent to an activating group) is 1. The molecule has 0 bridgehead atoms. The number of aromatic nitrogens is 2. The number of anilines is 1. The average molecular weight is 431 g/mol. The van der Waals surface area contributed by atoms with Crippen molar-refractivity contribution in [3.8, 4) is 0 Å². The van der Waals surface area contributed by atoms with Crippen molar-refractivity contribution < 1.29 is 18.0 Å². The lowest BCUT2D eigenvalue weighted by molar-refractivity contribution is -0.147. The molecule has 0 atom stereocenters. The summed E-state index contributed by atoms with van der Waals surface area (Å²) in [5.41, 5.74) is 2.47. The van der Waals surface area contributed by atoms with Crippen LogP contribution in [0.15, 0.2) is 48.5 Å². The molecule has 1 aliphatic heterocycles. The number of carbonyl (C=O) groups is 1. The monoisotopic (exact) mass is 431 g/mol. The average Bonchev–Trinajstić information content (AvgIpc) is 3.12. The zero-order valence-corrected chi connectivity index (χ0v) is 17.2. The Bertz CT molecular complexity index is 1070. The molecule has 31 heavy (non-hydrogen) atoms. The van der Waals surface area contributed by atoms with Gasteiger partial charge in [-0.1, -0.05) is 30.3 Å². The lowest BCUT2D eigenvalue weighted by Gasteiger charge is -2.35. The van der Waals surface area contributed by atoms with Crippen LogP contribution in [0.3, 0.4) is 0 Å². The molecule has 1 fully saturated rings. The fraction of sp³-hybridized carbons (Fsp3) is 0.364. The zero-order chi connectivity index (χ0) is 22.0. The quantitative estimate of drug-likeness (QED) is 0.675. The number of rotatable bonds is 5. The first-order valence-electron chi connectivity index (χ1n) is 10.1. The highest BCUT2D eigenvalue weighted by molar-refractivity contribution is 5.81. The van der Waals surface area contributed by atoms with E-state index in [2.05, 4.69) is 27.1 Å². The minimum absolute atomic E-state index is 0.211. The topological polar surface area (TPSA) is 53.4 Å². The smallest absolute Gasteiger partial charge is 0.369 e. The summed E-state index contributed by atoms with van der Waals surface area (Å²) < 4.78 is 41.3. The Morgan fingerprint density at radius 2 is 1.71 bits per heavy atom. The molecule has 0 unspecified atom stereocenters. The van der Waals surface area contributed by atoms with Gasteiger partial charge in [-0.25, -0.2) is 4.98 Å². The number of benzene rings is 2. The Labute approximate surface area is 178 Å². The van der Waals surface area contributed by atoms with E-state index >= 15 is 0 Å². The molecule has 164 valence electrons. The molecule has 6 nitrogen and oxygen atoms in total. The number of halogens is 3. The zero-order valence-electron chi connectivity index (χ0n) is 17.2. The maximum Gasteiger partial charge on any atom is 0.449 e. The molecule has 4 rings (SSSR count). The summed E-state index contributed by atoms with van der Waals surface area (Å²) >= 11 is 0. The third-order valence-electron chi connectivity index (χ3n) is 5.52. The summed E-state index contributed by atoms with van der Waals surface area (Å²) in [6, 6.07) is 14.1. The van der Waals surface area contributed by atoms with E-state index in [0.717, 1.165) is 42.0 Å². The van der Waals surface area contributed by atoms with Crippen LogP contribution in [0, 0.1) is 0 Å². The van der Waals surface area contributed by atoms with Gasteiger partial charge in [-0.15, -0.1) is 0 Å². The van der Waals surface area contributed by atoms with E-state index in [1.54, 1.807) is 12.1 Å². The minimum atomic E-state index is -4.65. The number of amides is 1. The van der Waals surface area contributed by atoms with Crippen LogP contribution in [-0.2, 0) is 24.1 Å². The van der Waals surface area contributed by atoms with E-state index < -0.39 is 24.5 Å². The van der Waals surface area contributed by atoms with Crippen LogP contribution >= 0.6 is 0 Å². The summed E-state index contributed by atoms with van der Waals surface area (Å²) in [6.45, 7) is 3.47. The Balaban J connectivity index is 1.49. The number of hydrogen-bond acceptors (Lipinski definition) is 4. The molecule has 3 aromatic rings. The molecule has 2 heterocycles. The van der Waals surface area contributed by atoms with Crippen LogP contribution in [-0.4, -0.2) is 53.6 Å². The number of alkyl halides is 3. The van der Waals surface area contributed by atoms with Gasteiger partial charge in [0.15, 0.2) is 0 Å². The van der Waals surface area contributed by atoms with Crippen molar-refractivity contribution >= 4 is 22.6 Å². The van der Waals surface area contributed by atoms with Crippen LogP contribution in [0.25, 0.3) is 11.0 Å². The van der Waals surface area contributed by atoms with Crippen LogP contribution in [0.4, 0.5) is 18.9 Å². The molecule has 2 aromatic carbocycles. The molecule has 9 heteroatoms. The van der Waals surface area contributed by atoms with Crippen molar-refractivity contribution in [3.63, 3.8) is 0 Å². The molecular formula is C22H24F3N5O. The SMILES string of the molecule is CN1CCN(c2ccccc2CNC(=O)Cn2c(C(F)(F)F)nc3ccccc32)CC1. The van der Waals surface area contributed by atoms with E-state index in [0.29, 0.717) is 0 Å². The Kier molecular flexibility index (Phi) is 5.86. The van der Waals surface area contributed by atoms with Crippen LogP contribution in [0.1, 0.15) is 11.4 Å². The van der Waals surface area contributed by atoms with E-state index in [1.165, 1.54) is 12.1 Å². The number of piperazine rings is 1. The largest absolute Gasteiger partial charge is 0.449 e. The molecule has 1 amide bonds. The lowest BCUT2D eigenvalue weighted by Crippen LogP contribution is -2.45. The first-order valence-corrected chi connectivity index (χ1v) is 10.1. The predicted octanol–water partition coefficient (Wildman–Crippen LogP) is 3.12. The molecule has 0 radical (unpaired) electrons. The fourth-order valence-electron chi connectivity index (χ4n) is 3.86. The molecule has 0 spiro atoms. The molecule has 1 saturated heterocycles. The van der Waals surface area contributed by atoms with Gasteiger partial charge in [-0.05, 0) is 30.8 Å². The Hall–Kier alpha value is -3.07. The van der Waals surface area contributed by atoms with Crippen molar-refractivity contribution in [1.29, 1.82) is 0 Å². The second-order valence-corrected chi connectivity index (χ2v) is 7.70. The first-order chi connectivity index (χ1) is 14.8. The number of hydrogen-bond donors (Lipinski definition) is 1. The van der Waals surface area contributed by atoms with Gasteiger partial charge in [-0.3, -0.25) is 4.79 Å². The van der Waals surface area contributed by atoms with Crippen molar-refractivity contribution in [3.05, 3.63) is 59.9 Å². The number of nitrogens with one attached hydrogen (secondary N) is 1. The molecule has 1 aromatic heterocycles. The van der Waals surface area contributed by atoms with Gasteiger partial charge in [0.05, 0.1) is 11.0 Å². The second kappa shape index (κ2) is 8.58. The van der Waals surface area contributed by atoms with E-state index in [4.69, 9.17) is 0 Å². The van der Waals surface area contributed by atoms with Crippen molar-refractivity contribution in [2.45, 2.75) is 19.3 Å². The van der Waals surface area contributed by atoms with Gasteiger partial charge in [0.1, 0.15) is 6.54 Å². The van der Waals surface area contributed by atoms with E-state index in [1.807, 2.05) is 24.3 Å². The minimum Gasteiger partial charge on any atom is -0.369 e. The summed E-state index contributed by atoms with van der Waals surface area (Å²) in [5.74, 6) is -1.57. The first kappa shape index (κ1) is 21.2. The van der Waals surface area contributed by atoms with Gasteiger partial charge in [-0.2, -0.15) is 13.2 Å². The maximum absolute atomic E-state index is 13.5. The van der Waals surface area contributed by atoms with Crippen molar-refractivity contribution in [1.82, 2.24) is 19.8 Å². The van der Waals surface area contributed by atoms with Gasteiger partial charge in [0, 0.05) is 38.4 Å². The normalized spacial score (nSPS) is 15.4. The molecule has 1 aliphatic rings. The lowest BCUT2D eigenvalue weighted by atomic mass is 10.1. The second-order valence-electron chi connectivity index (χ2n) is 7.70. The summed E-state index contributed by atoms with van der Waals surface area (Å²) in [5, 5.41) is 2.78. The van der Waals surface area contributed by atoms with Crippen molar-refractivity contribution in [2.75, 3.05) is 38.1 Å². The maximum atomic E-state index is 13.5. The van der Waals surface area contributed by atoms with Crippen LogP contribution in [0.5, 0.6) is 0 Å². The summed E-state index contributed by atoms with van der Waals surface area (Å²) in [4.78, 5) is 20.8. The molecule has 0 saturated carbocycles. The molecule has 0 aliphatic carbocycles. The number of nitrogens with zero attached hydrogens (tertiary/aromatic N) is 4. The molecule has 1 N–H and O–H groups in total. The number of carbonyl (C=O) groups excluding carboxylic acids is 1. The number of para-hydroxylation sites is 3. The highest BCUT2D eigenvalue weighted by Crippen LogP contribution is 2.31. The van der Waals surface area contributed by atoms with Crippen molar-refractivity contribution in [2.24, 2.45) is 0 Å². The fourth-order valence-corrected chi connectivity index (χ4v) is 3.86. The van der Waals surface area contributed by atoms with E-state index in [-0.39, 0.29) is 17.6 Å². The highest BCUT2D eigenvalue weighted by Gasteiger charge is 2.38. The highest BCUT2D eigenvalue weighted by atomic mass is 19.4. The number of fused-ring (bicyclic) bond motifs is 1. The third kappa shape index (κ3) is 4.66. The number of imidazole rings is 1. The van der Waals surface area contributed by atoms with Crippen LogP contribution < -0.4 is 10.2 Å².